The first kappa shape index (κ1) is 26.0. The molecule has 0 saturated carbocycles. The lowest BCUT2D eigenvalue weighted by atomic mass is 10.0. The summed E-state index contributed by atoms with van der Waals surface area (Å²) in [5.41, 5.74) is 4.95. The van der Waals surface area contributed by atoms with Crippen LogP contribution >= 0.6 is 0 Å². The van der Waals surface area contributed by atoms with Crippen molar-refractivity contribution in [1.82, 2.24) is 34.0 Å². The smallest absolute Gasteiger partial charge is 0.168 e. The molecule has 0 unspecified atom stereocenters. The number of carbonyl (C=O) groups is 1. The lowest BCUT2D eigenvalue weighted by Crippen LogP contribution is -2.38. The Morgan fingerprint density at radius 1 is 1.07 bits per heavy atom. The summed E-state index contributed by atoms with van der Waals surface area (Å²) in [5, 5.41) is 14.7. The molecule has 0 bridgehead atoms. The predicted molar refractivity (Wildman–Crippen MR) is 148 cm³/mol. The van der Waals surface area contributed by atoms with Gasteiger partial charge in [0.25, 0.3) is 0 Å². The topological polar surface area (TPSA) is 101 Å². The fourth-order valence-electron chi connectivity index (χ4n) is 5.41. The Morgan fingerprint density at radius 2 is 1.82 bits per heavy atom. The number of hydrogen-bond acceptors (Lipinski definition) is 7. The molecule has 0 spiro atoms. The summed E-state index contributed by atoms with van der Waals surface area (Å²) in [6, 6.07) is 13.7. The van der Waals surface area contributed by atoms with Gasteiger partial charge >= 0.3 is 0 Å². The molecular formula is C30H30FN7O2. The molecule has 204 valence electrons. The summed E-state index contributed by atoms with van der Waals surface area (Å²) in [7, 11) is 0. The molecule has 1 aliphatic heterocycles. The van der Waals surface area contributed by atoms with Crippen molar-refractivity contribution in [2.75, 3.05) is 19.6 Å². The highest BCUT2D eigenvalue weighted by Gasteiger charge is 2.26. The number of aromatic nitrogens is 6. The number of aliphatic hydroxyl groups is 1. The number of pyridine rings is 1. The molecule has 1 aromatic carbocycles. The van der Waals surface area contributed by atoms with E-state index < -0.39 is 0 Å². The van der Waals surface area contributed by atoms with Crippen LogP contribution in [0.15, 0.2) is 73.4 Å². The minimum absolute atomic E-state index is 0.0374. The predicted octanol–water partition coefficient (Wildman–Crippen LogP) is 4.24. The molecule has 10 heteroatoms. The van der Waals surface area contributed by atoms with Crippen molar-refractivity contribution in [3.63, 3.8) is 0 Å². The number of piperidine rings is 1. The third kappa shape index (κ3) is 5.41. The maximum absolute atomic E-state index is 13.7. The third-order valence-corrected chi connectivity index (χ3v) is 7.34. The van der Waals surface area contributed by atoms with E-state index in [2.05, 4.69) is 19.4 Å². The van der Waals surface area contributed by atoms with Gasteiger partial charge in [0.15, 0.2) is 11.4 Å². The number of rotatable bonds is 8. The van der Waals surface area contributed by atoms with Gasteiger partial charge in [0, 0.05) is 49.2 Å². The fraction of sp³-hybridized carbons (Fsp3) is 0.300. The largest absolute Gasteiger partial charge is 0.392 e. The van der Waals surface area contributed by atoms with Gasteiger partial charge in [0.05, 0.1) is 42.1 Å². The highest BCUT2D eigenvalue weighted by Crippen LogP contribution is 2.35. The lowest BCUT2D eigenvalue weighted by Gasteiger charge is -2.33. The summed E-state index contributed by atoms with van der Waals surface area (Å²) in [6.07, 6.45) is 8.45. The van der Waals surface area contributed by atoms with Crippen molar-refractivity contribution in [2.45, 2.75) is 38.3 Å². The number of fused-ring (bicyclic) bond motifs is 1. The first-order valence-electron chi connectivity index (χ1n) is 13.5. The Morgan fingerprint density at radius 3 is 2.55 bits per heavy atom. The molecule has 1 aliphatic rings. The van der Waals surface area contributed by atoms with E-state index in [1.165, 1.54) is 12.1 Å². The maximum Gasteiger partial charge on any atom is 0.168 e. The monoisotopic (exact) mass is 539 g/mol. The van der Waals surface area contributed by atoms with Gasteiger partial charge < -0.3 is 14.6 Å². The van der Waals surface area contributed by atoms with Gasteiger partial charge in [-0.3, -0.25) is 9.78 Å². The Balaban J connectivity index is 1.34. The minimum Gasteiger partial charge on any atom is -0.392 e. The summed E-state index contributed by atoms with van der Waals surface area (Å²) >= 11 is 0. The second-order valence-corrected chi connectivity index (χ2v) is 10.3. The van der Waals surface area contributed by atoms with Crippen LogP contribution in [0.4, 0.5) is 4.39 Å². The van der Waals surface area contributed by atoms with Crippen molar-refractivity contribution < 1.29 is 14.3 Å². The van der Waals surface area contributed by atoms with E-state index in [4.69, 9.17) is 10.1 Å². The van der Waals surface area contributed by atoms with Crippen LogP contribution < -0.4 is 0 Å². The highest BCUT2D eigenvalue weighted by atomic mass is 19.1. The van der Waals surface area contributed by atoms with Crippen molar-refractivity contribution in [3.8, 4) is 22.6 Å². The summed E-state index contributed by atoms with van der Waals surface area (Å²) < 4.78 is 17.6. The van der Waals surface area contributed by atoms with Gasteiger partial charge in [-0.2, -0.15) is 5.10 Å². The molecule has 9 nitrogen and oxygen atoms in total. The SMILES string of the molecule is C[C@@H](O)CN1CCC(n2cnc(-c3ccc(F)cc3)c2-c2ccc3nc(CC(=O)c4ccncc4)cn3n2)CC1. The molecular weight excluding hydrogens is 509 g/mol. The molecule has 0 radical (unpaired) electrons. The van der Waals surface area contributed by atoms with E-state index in [0.717, 1.165) is 42.9 Å². The molecule has 5 heterocycles. The van der Waals surface area contributed by atoms with E-state index in [9.17, 15) is 14.3 Å². The molecule has 1 atom stereocenters. The summed E-state index contributed by atoms with van der Waals surface area (Å²) in [4.78, 5) is 28.3. The molecule has 1 saturated heterocycles. The number of carbonyl (C=O) groups excluding carboxylic acids is 1. The number of ketones is 1. The number of halogens is 1. The van der Waals surface area contributed by atoms with Gasteiger partial charge in [0.1, 0.15) is 11.5 Å². The molecule has 4 aromatic heterocycles. The van der Waals surface area contributed by atoms with E-state index in [1.54, 1.807) is 47.4 Å². The molecule has 1 N–H and O–H groups in total. The van der Waals surface area contributed by atoms with Crippen LogP contribution in [0.25, 0.3) is 28.3 Å². The Labute approximate surface area is 231 Å². The number of imidazole rings is 2. The fourth-order valence-corrected chi connectivity index (χ4v) is 5.41. The number of hydrogen-bond donors (Lipinski definition) is 1. The van der Waals surface area contributed by atoms with E-state index >= 15 is 0 Å². The quantitative estimate of drug-likeness (QED) is 0.295. The molecule has 5 aromatic rings. The maximum atomic E-state index is 13.7. The zero-order valence-corrected chi connectivity index (χ0v) is 22.2. The molecule has 0 aliphatic carbocycles. The van der Waals surface area contributed by atoms with E-state index in [0.29, 0.717) is 29.1 Å². The van der Waals surface area contributed by atoms with Crippen LogP contribution in [0.2, 0.25) is 0 Å². The van der Waals surface area contributed by atoms with Crippen LogP contribution in [-0.2, 0) is 6.42 Å². The van der Waals surface area contributed by atoms with Gasteiger partial charge in [-0.25, -0.2) is 18.9 Å². The van der Waals surface area contributed by atoms with Crippen LogP contribution in [0.1, 0.15) is 41.9 Å². The third-order valence-electron chi connectivity index (χ3n) is 7.34. The summed E-state index contributed by atoms with van der Waals surface area (Å²) in [5.74, 6) is -0.341. The van der Waals surface area contributed by atoms with E-state index in [-0.39, 0.29) is 30.2 Å². The average Bonchev–Trinajstić information content (AvgIpc) is 3.58. The number of nitrogens with zero attached hydrogens (tertiary/aromatic N) is 7. The number of Topliss-reactive ketones (excluding diaryl/α,β-unsaturated/α-hetero) is 1. The molecule has 0 amide bonds. The number of likely N-dealkylation sites (tertiary alicyclic amines) is 1. The second kappa shape index (κ2) is 11.1. The van der Waals surface area contributed by atoms with Gasteiger partial charge in [-0.1, -0.05) is 0 Å². The van der Waals surface area contributed by atoms with Gasteiger partial charge in [0.2, 0.25) is 0 Å². The van der Waals surface area contributed by atoms with Crippen molar-refractivity contribution in [3.05, 3.63) is 90.5 Å². The zero-order valence-electron chi connectivity index (χ0n) is 22.2. The van der Waals surface area contributed by atoms with Crippen LogP contribution in [0.3, 0.4) is 0 Å². The van der Waals surface area contributed by atoms with Crippen LogP contribution in [0, 0.1) is 5.82 Å². The minimum atomic E-state index is -0.360. The number of benzene rings is 1. The Bertz CT molecular complexity index is 1620. The standard InChI is InChI=1S/C30H30FN7O2/c1-20(39)17-36-14-10-25(11-15-36)37-19-33-29(22-2-4-23(31)5-3-22)30(37)26-6-7-28-34-24(18-38(28)35-26)16-27(40)21-8-12-32-13-9-21/h2-9,12-13,18-20,25,39H,10-11,14-17H2,1H3/t20-/m1/s1. The molecule has 40 heavy (non-hydrogen) atoms. The van der Waals surface area contributed by atoms with E-state index in [1.807, 2.05) is 25.4 Å². The zero-order chi connectivity index (χ0) is 27.6. The summed E-state index contributed by atoms with van der Waals surface area (Å²) in [6.45, 7) is 4.23. The van der Waals surface area contributed by atoms with Gasteiger partial charge in [-0.05, 0) is 68.3 Å². The average molecular weight is 540 g/mol. The normalized spacial score (nSPS) is 15.5. The van der Waals surface area contributed by atoms with Crippen molar-refractivity contribution in [1.29, 1.82) is 0 Å². The first-order valence-corrected chi connectivity index (χ1v) is 13.5. The van der Waals surface area contributed by atoms with Crippen molar-refractivity contribution >= 4 is 11.4 Å². The highest BCUT2D eigenvalue weighted by molar-refractivity contribution is 5.97. The van der Waals surface area contributed by atoms with Crippen LogP contribution in [-0.4, -0.2) is 70.7 Å². The van der Waals surface area contributed by atoms with Crippen LogP contribution in [0.5, 0.6) is 0 Å². The molecule has 1 fully saturated rings. The number of aliphatic hydroxyl groups excluding tert-OH is 1. The molecule has 6 rings (SSSR count). The Kier molecular flexibility index (Phi) is 7.19. The second-order valence-electron chi connectivity index (χ2n) is 10.3. The Hall–Kier alpha value is -4.28. The first-order chi connectivity index (χ1) is 19.4. The lowest BCUT2D eigenvalue weighted by molar-refractivity contribution is 0.0991. The van der Waals surface area contributed by atoms with Gasteiger partial charge in [-0.15, -0.1) is 0 Å². The number of β-amino-alcohol motifs (C(OH)–C–C–N with tert-alkyl or cyclic N) is 1. The van der Waals surface area contributed by atoms with Crippen molar-refractivity contribution in [2.24, 2.45) is 0 Å².